The van der Waals surface area contributed by atoms with E-state index in [0.717, 1.165) is 10.6 Å². The number of benzene rings is 2. The van der Waals surface area contributed by atoms with Crippen molar-refractivity contribution in [3.8, 4) is 0 Å². The minimum Gasteiger partial charge on any atom is -0.113 e. The molecule has 0 radical (unpaired) electrons. The molecule has 1 unspecified atom stereocenters. The molecule has 0 amide bonds. The second-order valence-corrected chi connectivity index (χ2v) is 6.98. The van der Waals surface area contributed by atoms with Crippen LogP contribution in [0.2, 0.25) is 5.02 Å². The molecule has 0 bridgehead atoms. The lowest BCUT2D eigenvalue weighted by Gasteiger charge is -2.20. The first-order valence-electron chi connectivity index (χ1n) is 7.43. The van der Waals surface area contributed by atoms with E-state index < -0.39 is 0 Å². The fraction of sp³-hybridized carbons (Fsp3) is 0.368. The molecular formula is C19H22Cl2. The second kappa shape index (κ2) is 6.85. The number of halogens is 2. The van der Waals surface area contributed by atoms with Crippen LogP contribution in [-0.2, 0) is 0 Å². The summed E-state index contributed by atoms with van der Waals surface area (Å²) in [5.74, 6) is 0.980. The maximum absolute atomic E-state index is 6.72. The van der Waals surface area contributed by atoms with Gasteiger partial charge in [0.15, 0.2) is 0 Å². The Morgan fingerprint density at radius 2 is 1.29 bits per heavy atom. The summed E-state index contributed by atoms with van der Waals surface area (Å²) < 4.78 is 0. The van der Waals surface area contributed by atoms with Crippen molar-refractivity contribution in [3.05, 3.63) is 69.7 Å². The van der Waals surface area contributed by atoms with Crippen LogP contribution in [0, 0.1) is 0 Å². The quantitative estimate of drug-likeness (QED) is 0.536. The number of rotatable bonds is 4. The summed E-state index contributed by atoms with van der Waals surface area (Å²) in [6.07, 6.45) is 0. The molecule has 2 rings (SSSR count). The van der Waals surface area contributed by atoms with Crippen LogP contribution in [0.4, 0.5) is 0 Å². The third-order valence-electron chi connectivity index (χ3n) is 3.84. The van der Waals surface area contributed by atoms with Gasteiger partial charge in [0, 0.05) is 5.02 Å². The Morgan fingerprint density at radius 3 is 1.81 bits per heavy atom. The first-order valence-corrected chi connectivity index (χ1v) is 8.25. The van der Waals surface area contributed by atoms with Crippen molar-refractivity contribution in [2.24, 2.45) is 0 Å². The van der Waals surface area contributed by atoms with Crippen molar-refractivity contribution < 1.29 is 0 Å². The highest BCUT2D eigenvalue weighted by Gasteiger charge is 2.17. The lowest BCUT2D eigenvalue weighted by molar-refractivity contribution is 0.818. The highest BCUT2D eigenvalue weighted by molar-refractivity contribution is 6.30. The Bertz CT molecular complexity index is 597. The van der Waals surface area contributed by atoms with Crippen LogP contribution in [0.3, 0.4) is 0 Å². The largest absolute Gasteiger partial charge is 0.113 e. The van der Waals surface area contributed by atoms with Crippen molar-refractivity contribution in [1.29, 1.82) is 0 Å². The van der Waals surface area contributed by atoms with Gasteiger partial charge >= 0.3 is 0 Å². The van der Waals surface area contributed by atoms with Gasteiger partial charge in [-0.3, -0.25) is 0 Å². The molecule has 2 heteroatoms. The fourth-order valence-corrected chi connectivity index (χ4v) is 2.96. The van der Waals surface area contributed by atoms with E-state index in [9.17, 15) is 0 Å². The predicted molar refractivity (Wildman–Crippen MR) is 93.8 cm³/mol. The molecule has 0 fully saturated rings. The Balaban J connectivity index is 2.44. The van der Waals surface area contributed by atoms with Crippen LogP contribution in [0.15, 0.2) is 42.5 Å². The van der Waals surface area contributed by atoms with Gasteiger partial charge in [-0.15, -0.1) is 11.6 Å². The minimum absolute atomic E-state index is 0.138. The SMILES string of the molecule is CC(C)c1ccc(C(Cl)c2ccc(Cl)cc2)c(C(C)C)c1. The molecule has 2 aromatic rings. The molecule has 1 atom stereocenters. The van der Waals surface area contributed by atoms with Crippen molar-refractivity contribution in [3.63, 3.8) is 0 Å². The van der Waals surface area contributed by atoms with Crippen LogP contribution in [0.25, 0.3) is 0 Å². The summed E-state index contributed by atoms with van der Waals surface area (Å²) in [5, 5.41) is 0.600. The van der Waals surface area contributed by atoms with E-state index in [-0.39, 0.29) is 5.38 Å². The summed E-state index contributed by atoms with van der Waals surface area (Å²) in [5.41, 5.74) is 4.97. The van der Waals surface area contributed by atoms with Gasteiger partial charge < -0.3 is 0 Å². The van der Waals surface area contributed by atoms with Crippen molar-refractivity contribution >= 4 is 23.2 Å². The molecular weight excluding hydrogens is 299 g/mol. The average Bonchev–Trinajstić information content (AvgIpc) is 2.46. The number of hydrogen-bond acceptors (Lipinski definition) is 0. The fourth-order valence-electron chi connectivity index (χ4n) is 2.49. The minimum atomic E-state index is -0.138. The van der Waals surface area contributed by atoms with Crippen LogP contribution in [-0.4, -0.2) is 0 Å². The first-order chi connectivity index (χ1) is 9.90. The van der Waals surface area contributed by atoms with Crippen LogP contribution in [0.5, 0.6) is 0 Å². The lowest BCUT2D eigenvalue weighted by atomic mass is 9.89. The monoisotopic (exact) mass is 320 g/mol. The van der Waals surface area contributed by atoms with E-state index >= 15 is 0 Å². The van der Waals surface area contributed by atoms with E-state index in [2.05, 4.69) is 45.9 Å². The summed E-state index contributed by atoms with van der Waals surface area (Å²) in [4.78, 5) is 0. The third-order valence-corrected chi connectivity index (χ3v) is 4.57. The molecule has 0 heterocycles. The number of hydrogen-bond donors (Lipinski definition) is 0. The third kappa shape index (κ3) is 3.81. The molecule has 0 aromatic heterocycles. The van der Waals surface area contributed by atoms with Gasteiger partial charge in [0.1, 0.15) is 0 Å². The Hall–Kier alpha value is -0.980. The van der Waals surface area contributed by atoms with Gasteiger partial charge in [0.2, 0.25) is 0 Å². The smallest absolute Gasteiger partial charge is 0.0838 e. The van der Waals surface area contributed by atoms with Gasteiger partial charge in [-0.2, -0.15) is 0 Å². The molecule has 0 spiro atoms. The zero-order valence-electron chi connectivity index (χ0n) is 13.0. The summed E-state index contributed by atoms with van der Waals surface area (Å²) in [6.45, 7) is 8.87. The van der Waals surface area contributed by atoms with Gasteiger partial charge in [0.05, 0.1) is 5.38 Å². The van der Waals surface area contributed by atoms with E-state index in [1.807, 2.05) is 24.3 Å². The summed E-state index contributed by atoms with van der Waals surface area (Å²) in [7, 11) is 0. The molecule has 0 aliphatic rings. The van der Waals surface area contributed by atoms with Crippen molar-refractivity contribution in [2.45, 2.75) is 44.9 Å². The zero-order chi connectivity index (χ0) is 15.6. The van der Waals surface area contributed by atoms with E-state index in [1.54, 1.807) is 0 Å². The molecule has 0 N–H and O–H groups in total. The second-order valence-electron chi connectivity index (χ2n) is 6.11. The average molecular weight is 321 g/mol. The maximum Gasteiger partial charge on any atom is 0.0838 e. The molecule has 0 nitrogen and oxygen atoms in total. The van der Waals surface area contributed by atoms with Gasteiger partial charge in [-0.25, -0.2) is 0 Å². The lowest BCUT2D eigenvalue weighted by Crippen LogP contribution is -2.03. The van der Waals surface area contributed by atoms with Crippen LogP contribution < -0.4 is 0 Å². The Morgan fingerprint density at radius 1 is 0.714 bits per heavy atom. The molecule has 0 saturated carbocycles. The van der Waals surface area contributed by atoms with E-state index in [4.69, 9.17) is 23.2 Å². The molecule has 0 saturated heterocycles. The first kappa shape index (κ1) is 16.4. The Kier molecular flexibility index (Phi) is 5.35. The highest BCUT2D eigenvalue weighted by Crippen LogP contribution is 2.36. The maximum atomic E-state index is 6.72. The van der Waals surface area contributed by atoms with Crippen LogP contribution in [0.1, 0.15) is 67.2 Å². The topological polar surface area (TPSA) is 0 Å². The van der Waals surface area contributed by atoms with E-state index in [1.165, 1.54) is 16.7 Å². The predicted octanol–water partition coefficient (Wildman–Crippen LogP) is 6.92. The summed E-state index contributed by atoms with van der Waals surface area (Å²) >= 11 is 12.7. The van der Waals surface area contributed by atoms with Gasteiger partial charge in [-0.05, 0) is 46.2 Å². The van der Waals surface area contributed by atoms with Crippen LogP contribution >= 0.6 is 23.2 Å². The number of alkyl halides is 1. The zero-order valence-corrected chi connectivity index (χ0v) is 14.5. The molecule has 0 aliphatic carbocycles. The van der Waals surface area contributed by atoms with Crippen molar-refractivity contribution in [1.82, 2.24) is 0 Å². The standard InChI is InChI=1S/C19H22Cl2/c1-12(2)15-7-10-17(18(11-15)13(3)4)19(21)14-5-8-16(20)9-6-14/h5-13,19H,1-4H3. The normalized spacial score (nSPS) is 13.0. The molecule has 21 heavy (non-hydrogen) atoms. The molecule has 2 aromatic carbocycles. The summed E-state index contributed by atoms with van der Waals surface area (Å²) in [6, 6.07) is 14.5. The van der Waals surface area contributed by atoms with Gasteiger partial charge in [-0.1, -0.05) is 69.6 Å². The Labute approximate surface area is 138 Å². The highest BCUT2D eigenvalue weighted by atomic mass is 35.5. The van der Waals surface area contributed by atoms with Gasteiger partial charge in [0.25, 0.3) is 0 Å². The molecule has 112 valence electrons. The van der Waals surface area contributed by atoms with Crippen molar-refractivity contribution in [2.75, 3.05) is 0 Å². The molecule has 0 aliphatic heterocycles. The van der Waals surface area contributed by atoms with E-state index in [0.29, 0.717) is 11.8 Å².